The van der Waals surface area contributed by atoms with Crippen molar-refractivity contribution in [3.8, 4) is 17.3 Å². The zero-order valence-corrected chi connectivity index (χ0v) is 35.3. The van der Waals surface area contributed by atoms with E-state index in [1.807, 2.05) is 47.3 Å². The molecule has 0 bridgehead atoms. The van der Waals surface area contributed by atoms with E-state index in [2.05, 4.69) is 141 Å². The van der Waals surface area contributed by atoms with E-state index in [-0.39, 0.29) is 45.8 Å². The Labute approximate surface area is 343 Å². The van der Waals surface area contributed by atoms with Crippen molar-refractivity contribution in [1.82, 2.24) is 23.7 Å². The van der Waals surface area contributed by atoms with Crippen molar-refractivity contribution < 1.29 is 10.2 Å². The third-order valence-electron chi connectivity index (χ3n) is 10.8. The molecule has 7 aromatic rings. The molecule has 4 aromatic carbocycles. The highest BCUT2D eigenvalue weighted by molar-refractivity contribution is 6.09. The number of nitrogens with zero attached hydrogens (tertiary/aromatic N) is 5. The third-order valence-corrected chi connectivity index (χ3v) is 10.8. The number of pyridine rings is 2. The fraction of sp³-hybridized carbons (Fsp3) is 0.314. The fourth-order valence-electron chi connectivity index (χ4n) is 7.67. The van der Waals surface area contributed by atoms with Gasteiger partial charge in [-0.1, -0.05) is 113 Å². The average molecular weight is 758 g/mol. The SMILES string of the molecule is [2H]c1c([2H])c([2H])c2c(c1[2H])[N+](c1cc(Oc3ccc4c5cnccc5n(-c5cc(C(C)(C)C)ccn5)c4c3)cc(C(C)(C)C)c1)=C=[N+]2c1c(C(C)(C)C)cccc1C(C)(C)C. The van der Waals surface area contributed by atoms with E-state index in [4.69, 9.17) is 12.5 Å². The van der Waals surface area contributed by atoms with E-state index in [0.717, 1.165) is 50.0 Å². The lowest BCUT2D eigenvalue weighted by Crippen LogP contribution is -2.21. The highest BCUT2D eigenvalue weighted by Gasteiger charge is 2.42. The van der Waals surface area contributed by atoms with Gasteiger partial charge in [0.25, 0.3) is 11.4 Å². The van der Waals surface area contributed by atoms with E-state index in [1.54, 1.807) is 10.8 Å². The first-order chi connectivity index (χ1) is 28.4. The number of rotatable bonds is 5. The number of para-hydroxylation sites is 3. The van der Waals surface area contributed by atoms with Gasteiger partial charge in [0.05, 0.1) is 22.6 Å². The maximum absolute atomic E-state index is 9.33. The van der Waals surface area contributed by atoms with Gasteiger partial charge in [0.2, 0.25) is 11.4 Å². The van der Waals surface area contributed by atoms with Crippen LogP contribution >= 0.6 is 0 Å². The van der Waals surface area contributed by atoms with Crippen LogP contribution in [-0.4, -0.2) is 20.5 Å². The molecule has 3 aromatic heterocycles. The summed E-state index contributed by atoms with van der Waals surface area (Å²) in [5.41, 5.74) is 7.42. The summed E-state index contributed by atoms with van der Waals surface area (Å²) in [6.07, 6.45) is 5.57. The maximum atomic E-state index is 9.33. The molecule has 0 fully saturated rings. The van der Waals surface area contributed by atoms with Gasteiger partial charge in [0.15, 0.2) is 0 Å². The molecule has 0 saturated heterocycles. The van der Waals surface area contributed by atoms with Crippen molar-refractivity contribution in [2.24, 2.45) is 0 Å². The number of aromatic nitrogens is 3. The van der Waals surface area contributed by atoms with E-state index in [0.29, 0.717) is 28.6 Å². The first kappa shape index (κ1) is 33.3. The lowest BCUT2D eigenvalue weighted by atomic mass is 9.78. The normalized spacial score (nSPS) is 14.5. The molecule has 0 atom stereocenters. The lowest BCUT2D eigenvalue weighted by Gasteiger charge is -2.25. The molecule has 6 nitrogen and oxygen atoms in total. The highest BCUT2D eigenvalue weighted by Crippen LogP contribution is 2.45. The first-order valence-corrected chi connectivity index (χ1v) is 19.7. The number of benzene rings is 4. The number of fused-ring (bicyclic) bond motifs is 4. The van der Waals surface area contributed by atoms with Crippen LogP contribution in [0, 0.1) is 0 Å². The molecule has 0 radical (unpaired) electrons. The summed E-state index contributed by atoms with van der Waals surface area (Å²) in [6, 6.07) is 27.4. The molecule has 57 heavy (non-hydrogen) atoms. The van der Waals surface area contributed by atoms with Crippen LogP contribution in [0.15, 0.2) is 116 Å². The minimum atomic E-state index is -0.308. The molecule has 0 amide bonds. The largest absolute Gasteiger partial charge is 0.503 e. The minimum Gasteiger partial charge on any atom is -0.457 e. The van der Waals surface area contributed by atoms with Gasteiger partial charge in [-0.25, -0.2) is 4.98 Å². The summed E-state index contributed by atoms with van der Waals surface area (Å²) < 4.78 is 48.9. The summed E-state index contributed by atoms with van der Waals surface area (Å²) in [7, 11) is 0. The summed E-state index contributed by atoms with van der Waals surface area (Å²) in [5.74, 6) is 2.01. The molecule has 8 rings (SSSR count). The second-order valence-electron chi connectivity index (χ2n) is 19.3. The van der Waals surface area contributed by atoms with Crippen molar-refractivity contribution in [2.45, 2.75) is 105 Å². The molecule has 0 unspecified atom stereocenters. The predicted octanol–water partition coefficient (Wildman–Crippen LogP) is 13.4. The van der Waals surface area contributed by atoms with E-state index < -0.39 is 0 Å². The van der Waals surface area contributed by atoms with Gasteiger partial charge in [0.1, 0.15) is 17.3 Å². The van der Waals surface area contributed by atoms with Crippen LogP contribution in [0.4, 0.5) is 22.7 Å². The number of hydrogen-bond acceptors (Lipinski definition) is 3. The Kier molecular flexibility index (Phi) is 7.82. The molecule has 1 aliphatic heterocycles. The summed E-state index contributed by atoms with van der Waals surface area (Å²) in [4.78, 5) is 9.31. The van der Waals surface area contributed by atoms with Gasteiger partial charge in [-0.05, 0) is 78.3 Å². The van der Waals surface area contributed by atoms with E-state index in [1.165, 1.54) is 5.56 Å². The molecule has 1 aliphatic rings. The van der Waals surface area contributed by atoms with E-state index >= 15 is 0 Å². The minimum absolute atomic E-state index is 0.0661. The fourth-order valence-corrected chi connectivity index (χ4v) is 7.67. The monoisotopic (exact) mass is 757 g/mol. The van der Waals surface area contributed by atoms with Crippen LogP contribution in [0.25, 0.3) is 27.6 Å². The molecule has 4 heterocycles. The van der Waals surface area contributed by atoms with Gasteiger partial charge in [0, 0.05) is 64.7 Å². The third kappa shape index (κ3) is 6.97. The topological polar surface area (TPSA) is 46.0 Å². The van der Waals surface area contributed by atoms with Crippen LogP contribution < -0.4 is 13.9 Å². The van der Waals surface area contributed by atoms with Crippen LogP contribution in [0.5, 0.6) is 11.5 Å². The second-order valence-corrected chi connectivity index (χ2v) is 19.3. The predicted molar refractivity (Wildman–Crippen MR) is 238 cm³/mol. The van der Waals surface area contributed by atoms with Crippen molar-refractivity contribution in [1.29, 1.82) is 0 Å². The summed E-state index contributed by atoms with van der Waals surface area (Å²) in [6.45, 7) is 26.0. The Morgan fingerprint density at radius 2 is 1.28 bits per heavy atom. The zero-order valence-electron chi connectivity index (χ0n) is 39.3. The van der Waals surface area contributed by atoms with Gasteiger partial charge in [-0.3, -0.25) is 9.55 Å². The summed E-state index contributed by atoms with van der Waals surface area (Å²) >= 11 is 0. The van der Waals surface area contributed by atoms with Gasteiger partial charge in [-0.15, -0.1) is 0 Å². The summed E-state index contributed by atoms with van der Waals surface area (Å²) in [5, 5.41) is 2.04. The number of ether oxygens (including phenoxy) is 1. The maximum Gasteiger partial charge on any atom is 0.503 e. The van der Waals surface area contributed by atoms with Crippen LogP contribution in [0.3, 0.4) is 0 Å². The van der Waals surface area contributed by atoms with Crippen molar-refractivity contribution in [2.75, 3.05) is 0 Å². The zero-order chi connectivity index (χ0) is 44.1. The molecular weight excluding hydrogens is 699 g/mol. The van der Waals surface area contributed by atoms with Gasteiger partial charge in [-0.2, -0.15) is 0 Å². The van der Waals surface area contributed by atoms with Crippen LogP contribution in [0.2, 0.25) is 0 Å². The standard InChI is InChI=1S/C51H55N5O/c1-48(2,3)33-22-25-53-46(28-33)56-42-23-24-52-31-39(42)38-21-20-36(30-45(38)56)57-37-27-34(49(4,5)6)26-35(29-37)54-32-55(44-19-14-13-18-43(44)54)47-40(50(7,8)9)16-15-17-41(47)51(10,11)12/h13-31H,1-12H3/q+2/i13D,14D,18D,19D. The van der Waals surface area contributed by atoms with Crippen LogP contribution in [0.1, 0.15) is 111 Å². The van der Waals surface area contributed by atoms with Gasteiger partial charge < -0.3 is 4.74 Å². The Hall–Kier alpha value is -5.84. The molecule has 6 heteroatoms. The Bertz CT molecular complexity index is 2990. The number of hydrogen-bond donors (Lipinski definition) is 0. The smallest absolute Gasteiger partial charge is 0.457 e. The Morgan fingerprint density at radius 1 is 0.614 bits per heavy atom. The molecule has 0 saturated carbocycles. The average Bonchev–Trinajstić information content (AvgIpc) is 3.74. The molecule has 0 N–H and O–H groups in total. The quantitative estimate of drug-likeness (QED) is 0.164. The van der Waals surface area contributed by atoms with Crippen molar-refractivity contribution in [3.05, 3.63) is 138 Å². The molecule has 0 spiro atoms. The Balaban J connectivity index is 1.36. The van der Waals surface area contributed by atoms with Crippen molar-refractivity contribution >= 4 is 50.6 Å². The first-order valence-electron chi connectivity index (χ1n) is 21.7. The van der Waals surface area contributed by atoms with Gasteiger partial charge >= 0.3 is 6.01 Å². The second kappa shape index (κ2) is 13.4. The highest BCUT2D eigenvalue weighted by atomic mass is 16.5. The lowest BCUT2D eigenvalue weighted by molar-refractivity contribution is 0.479. The van der Waals surface area contributed by atoms with Crippen molar-refractivity contribution in [3.63, 3.8) is 0 Å². The van der Waals surface area contributed by atoms with E-state index in [9.17, 15) is 2.74 Å². The molecular formula is C51H55N5O+2. The molecule has 288 valence electrons. The Morgan fingerprint density at radius 3 is 1.93 bits per heavy atom. The molecule has 0 aliphatic carbocycles. The van der Waals surface area contributed by atoms with Crippen LogP contribution in [-0.2, 0) is 21.7 Å².